The molecule has 128 valence electrons. The number of hydrogen-bond acceptors (Lipinski definition) is 4. The van der Waals surface area contributed by atoms with E-state index in [1.165, 1.54) is 5.01 Å². The Morgan fingerprint density at radius 3 is 2.72 bits per heavy atom. The van der Waals surface area contributed by atoms with Gasteiger partial charge in [-0.05, 0) is 30.2 Å². The number of aromatic nitrogens is 1. The first-order valence-corrected chi connectivity index (χ1v) is 8.27. The predicted molar refractivity (Wildman–Crippen MR) is 96.1 cm³/mol. The zero-order valence-electron chi connectivity index (χ0n) is 14.1. The second kappa shape index (κ2) is 7.70. The molecule has 1 aromatic heterocycles. The van der Waals surface area contributed by atoms with Crippen LogP contribution < -0.4 is 5.32 Å². The lowest BCUT2D eigenvalue weighted by atomic mass is 10.1. The fourth-order valence-corrected chi connectivity index (χ4v) is 2.63. The van der Waals surface area contributed by atoms with Crippen molar-refractivity contribution < 1.29 is 9.59 Å². The van der Waals surface area contributed by atoms with E-state index in [-0.39, 0.29) is 24.7 Å². The molecule has 0 fully saturated rings. The molecule has 0 aliphatic carbocycles. The quantitative estimate of drug-likeness (QED) is 0.912. The fraction of sp³-hybridized carbons (Fsp3) is 0.263. The van der Waals surface area contributed by atoms with E-state index in [0.29, 0.717) is 12.4 Å². The van der Waals surface area contributed by atoms with Gasteiger partial charge in [0, 0.05) is 25.5 Å². The van der Waals surface area contributed by atoms with E-state index in [4.69, 9.17) is 0 Å². The minimum Gasteiger partial charge on any atom is -0.311 e. The molecular weight excluding hydrogens is 316 g/mol. The molecule has 1 aliphatic heterocycles. The number of pyridine rings is 1. The molecule has 0 spiro atoms. The molecule has 1 aromatic carbocycles. The van der Waals surface area contributed by atoms with E-state index in [1.54, 1.807) is 12.3 Å². The van der Waals surface area contributed by atoms with Crippen molar-refractivity contribution in [3.63, 3.8) is 0 Å². The Bertz CT molecular complexity index is 802. The molecule has 2 amide bonds. The Kier molecular flexibility index (Phi) is 5.18. The van der Waals surface area contributed by atoms with Crippen molar-refractivity contribution in [3.05, 3.63) is 59.8 Å². The summed E-state index contributed by atoms with van der Waals surface area (Å²) in [6.45, 7) is 2.49. The van der Waals surface area contributed by atoms with Gasteiger partial charge >= 0.3 is 0 Å². The van der Waals surface area contributed by atoms with Gasteiger partial charge in [-0.2, -0.15) is 5.10 Å². The molecule has 2 heterocycles. The third kappa shape index (κ3) is 4.50. The van der Waals surface area contributed by atoms with Crippen molar-refractivity contribution in [2.24, 2.45) is 5.10 Å². The molecule has 0 saturated carbocycles. The summed E-state index contributed by atoms with van der Waals surface area (Å²) in [7, 11) is 0. The second-order valence-electron chi connectivity index (χ2n) is 5.95. The standard InChI is InChI=1S/C19H20N4O2/c1-14-9-11-20-17(13-14)21-18(24)7-8-19(25)23-12-10-16(22-23)15-5-3-2-4-6-15/h2-6,9,11,13H,7-8,10,12H2,1H3,(H,20,21,24). The van der Waals surface area contributed by atoms with Gasteiger partial charge in [-0.25, -0.2) is 9.99 Å². The van der Waals surface area contributed by atoms with Crippen LogP contribution in [0.5, 0.6) is 0 Å². The molecule has 1 aliphatic rings. The second-order valence-corrected chi connectivity index (χ2v) is 5.95. The number of hydrazone groups is 1. The number of aryl methyl sites for hydroxylation is 1. The van der Waals surface area contributed by atoms with Crippen LogP contribution in [-0.2, 0) is 9.59 Å². The Labute approximate surface area is 146 Å². The fourth-order valence-electron chi connectivity index (χ4n) is 2.63. The lowest BCUT2D eigenvalue weighted by Crippen LogP contribution is -2.25. The zero-order valence-corrected chi connectivity index (χ0v) is 14.1. The largest absolute Gasteiger partial charge is 0.311 e. The van der Waals surface area contributed by atoms with Crippen LogP contribution in [0.2, 0.25) is 0 Å². The summed E-state index contributed by atoms with van der Waals surface area (Å²) >= 11 is 0. The minimum atomic E-state index is -0.224. The number of amides is 2. The van der Waals surface area contributed by atoms with E-state index < -0.39 is 0 Å². The third-order valence-electron chi connectivity index (χ3n) is 3.95. The van der Waals surface area contributed by atoms with E-state index in [1.807, 2.05) is 43.3 Å². The van der Waals surface area contributed by atoms with Crippen molar-refractivity contribution in [1.29, 1.82) is 0 Å². The first kappa shape index (κ1) is 16.8. The summed E-state index contributed by atoms with van der Waals surface area (Å²) in [5.74, 6) is 0.138. The molecule has 3 rings (SSSR count). The van der Waals surface area contributed by atoms with E-state index >= 15 is 0 Å². The van der Waals surface area contributed by atoms with Crippen molar-refractivity contribution in [2.75, 3.05) is 11.9 Å². The summed E-state index contributed by atoms with van der Waals surface area (Å²) < 4.78 is 0. The first-order chi connectivity index (χ1) is 12.1. The molecule has 0 atom stereocenters. The van der Waals surface area contributed by atoms with Crippen molar-refractivity contribution in [2.45, 2.75) is 26.2 Å². The van der Waals surface area contributed by atoms with Crippen molar-refractivity contribution in [3.8, 4) is 0 Å². The number of hydrogen-bond donors (Lipinski definition) is 1. The minimum absolute atomic E-state index is 0.112. The summed E-state index contributed by atoms with van der Waals surface area (Å²) in [6.07, 6.45) is 2.61. The van der Waals surface area contributed by atoms with Gasteiger partial charge in [0.05, 0.1) is 12.3 Å². The normalized spacial score (nSPS) is 13.5. The topological polar surface area (TPSA) is 74.7 Å². The maximum Gasteiger partial charge on any atom is 0.243 e. The summed E-state index contributed by atoms with van der Waals surface area (Å²) in [5.41, 5.74) is 2.95. The lowest BCUT2D eigenvalue weighted by Gasteiger charge is -2.11. The molecule has 25 heavy (non-hydrogen) atoms. The van der Waals surface area contributed by atoms with Gasteiger partial charge in [-0.1, -0.05) is 30.3 Å². The molecule has 0 saturated heterocycles. The maximum absolute atomic E-state index is 12.3. The number of anilines is 1. The molecule has 0 unspecified atom stereocenters. The Balaban J connectivity index is 1.51. The molecule has 1 N–H and O–H groups in total. The van der Waals surface area contributed by atoms with Gasteiger partial charge in [0.1, 0.15) is 5.82 Å². The van der Waals surface area contributed by atoms with E-state index in [9.17, 15) is 9.59 Å². The lowest BCUT2D eigenvalue weighted by molar-refractivity contribution is -0.132. The number of carbonyl (C=O) groups is 2. The van der Waals surface area contributed by atoms with Crippen LogP contribution in [0.4, 0.5) is 5.82 Å². The van der Waals surface area contributed by atoms with Gasteiger partial charge in [0.15, 0.2) is 0 Å². The average Bonchev–Trinajstić information content (AvgIpc) is 3.11. The van der Waals surface area contributed by atoms with Gasteiger partial charge in [0.25, 0.3) is 0 Å². The summed E-state index contributed by atoms with van der Waals surface area (Å²) in [4.78, 5) is 28.3. The number of benzene rings is 1. The highest BCUT2D eigenvalue weighted by molar-refractivity contribution is 6.02. The van der Waals surface area contributed by atoms with E-state index in [0.717, 1.165) is 23.3 Å². The zero-order chi connectivity index (χ0) is 17.6. The molecular formula is C19H20N4O2. The average molecular weight is 336 g/mol. The van der Waals surface area contributed by atoms with Crippen LogP contribution in [0, 0.1) is 6.92 Å². The number of rotatable bonds is 5. The monoisotopic (exact) mass is 336 g/mol. The maximum atomic E-state index is 12.3. The van der Waals surface area contributed by atoms with Gasteiger partial charge < -0.3 is 5.32 Å². The number of nitrogens with zero attached hydrogens (tertiary/aromatic N) is 3. The molecule has 6 nitrogen and oxygen atoms in total. The first-order valence-electron chi connectivity index (χ1n) is 8.27. The van der Waals surface area contributed by atoms with E-state index in [2.05, 4.69) is 15.4 Å². The smallest absolute Gasteiger partial charge is 0.243 e. The van der Waals surface area contributed by atoms with Crippen LogP contribution in [0.1, 0.15) is 30.4 Å². The summed E-state index contributed by atoms with van der Waals surface area (Å²) in [6, 6.07) is 13.5. The highest BCUT2D eigenvalue weighted by Crippen LogP contribution is 2.15. The molecule has 2 aromatic rings. The Morgan fingerprint density at radius 2 is 1.96 bits per heavy atom. The van der Waals surface area contributed by atoms with Crippen LogP contribution in [-0.4, -0.2) is 34.1 Å². The van der Waals surface area contributed by atoms with Crippen LogP contribution in [0.3, 0.4) is 0 Å². The molecule has 0 radical (unpaired) electrons. The number of carbonyl (C=O) groups excluding carboxylic acids is 2. The highest BCUT2D eigenvalue weighted by atomic mass is 16.2. The summed E-state index contributed by atoms with van der Waals surface area (Å²) in [5, 5.41) is 8.55. The van der Waals surface area contributed by atoms with Gasteiger partial charge in [0.2, 0.25) is 11.8 Å². The van der Waals surface area contributed by atoms with Crippen LogP contribution in [0.15, 0.2) is 53.8 Å². The van der Waals surface area contributed by atoms with Crippen molar-refractivity contribution >= 4 is 23.3 Å². The van der Waals surface area contributed by atoms with Crippen molar-refractivity contribution in [1.82, 2.24) is 9.99 Å². The Morgan fingerprint density at radius 1 is 1.16 bits per heavy atom. The van der Waals surface area contributed by atoms with Crippen LogP contribution in [0.25, 0.3) is 0 Å². The van der Waals surface area contributed by atoms with Gasteiger partial charge in [-0.3, -0.25) is 9.59 Å². The van der Waals surface area contributed by atoms with Crippen LogP contribution >= 0.6 is 0 Å². The van der Waals surface area contributed by atoms with Gasteiger partial charge in [-0.15, -0.1) is 0 Å². The SMILES string of the molecule is Cc1ccnc(NC(=O)CCC(=O)N2CCC(c3ccccc3)=N2)c1. The molecule has 6 heteroatoms. The Hall–Kier alpha value is -3.02. The molecule has 0 bridgehead atoms. The third-order valence-corrected chi connectivity index (χ3v) is 3.95. The number of nitrogens with one attached hydrogen (secondary N) is 1. The predicted octanol–water partition coefficient (Wildman–Crippen LogP) is 2.75. The highest BCUT2D eigenvalue weighted by Gasteiger charge is 2.21.